The van der Waals surface area contributed by atoms with Gasteiger partial charge in [-0.3, -0.25) is 4.79 Å². The van der Waals surface area contributed by atoms with Crippen LogP contribution >= 0.6 is 15.9 Å². The first-order chi connectivity index (χ1) is 17.5. The number of benzene rings is 1. The maximum atomic E-state index is 13.4. The fourth-order valence-electron chi connectivity index (χ4n) is 3.95. The fraction of sp³-hybridized carbons (Fsp3) is 0.462. The van der Waals surface area contributed by atoms with Crippen LogP contribution < -0.4 is 27.2 Å². The Morgan fingerprint density at radius 3 is 2.49 bits per heavy atom. The first kappa shape index (κ1) is 30.4. The van der Waals surface area contributed by atoms with Crippen LogP contribution in [0.25, 0.3) is 0 Å². The Balaban J connectivity index is 0.00000481. The molecule has 11 heteroatoms. The predicted molar refractivity (Wildman–Crippen MR) is 139 cm³/mol. The van der Waals surface area contributed by atoms with Gasteiger partial charge in [0.15, 0.2) is 12.4 Å². The molecule has 1 aromatic heterocycles. The lowest BCUT2D eigenvalue weighted by atomic mass is 10.1. The average molecular weight is 598 g/mol. The first-order valence-corrected chi connectivity index (χ1v) is 13.2. The van der Waals surface area contributed by atoms with Crippen LogP contribution in [0.15, 0.2) is 53.3 Å². The summed E-state index contributed by atoms with van der Waals surface area (Å²) in [5.74, 6) is -0.194. The molecule has 2 aromatic rings. The van der Waals surface area contributed by atoms with Gasteiger partial charge >= 0.3 is 12.2 Å². The van der Waals surface area contributed by atoms with Crippen molar-refractivity contribution in [2.45, 2.75) is 39.2 Å². The third-order valence-electron chi connectivity index (χ3n) is 5.69. The lowest BCUT2D eigenvalue weighted by Crippen LogP contribution is -3.00. The third kappa shape index (κ3) is 9.85. The SMILES string of the molecule is CCC[n+]1cc(Br)cc(C(=O)N(CCOC(=O)NCCOC(=O)N2CCCCC2)c2ccccc2)c1.[Cl-]. The molecule has 202 valence electrons. The van der Waals surface area contributed by atoms with Crippen LogP contribution in [0.3, 0.4) is 0 Å². The number of hydrogen-bond acceptors (Lipinski definition) is 5. The van der Waals surface area contributed by atoms with Crippen molar-refractivity contribution >= 4 is 39.7 Å². The number of likely N-dealkylation sites (tertiary alicyclic amines) is 1. The summed E-state index contributed by atoms with van der Waals surface area (Å²) in [6.07, 6.45) is 6.83. The zero-order chi connectivity index (χ0) is 25.8. The quantitative estimate of drug-likeness (QED) is 0.328. The topological polar surface area (TPSA) is 92.1 Å². The summed E-state index contributed by atoms with van der Waals surface area (Å²) in [7, 11) is 0. The number of carbonyl (C=O) groups excluding carboxylic acids is 3. The van der Waals surface area contributed by atoms with E-state index in [0.717, 1.165) is 36.7 Å². The maximum Gasteiger partial charge on any atom is 0.409 e. The summed E-state index contributed by atoms with van der Waals surface area (Å²) >= 11 is 3.49. The second kappa shape index (κ2) is 16.1. The Labute approximate surface area is 232 Å². The molecule has 3 rings (SSSR count). The van der Waals surface area contributed by atoms with Crippen LogP contribution in [0, 0.1) is 0 Å². The summed E-state index contributed by atoms with van der Waals surface area (Å²) < 4.78 is 13.3. The molecule has 1 N–H and O–H groups in total. The lowest BCUT2D eigenvalue weighted by molar-refractivity contribution is -0.697. The second-order valence-corrected chi connectivity index (χ2v) is 9.41. The first-order valence-electron chi connectivity index (χ1n) is 12.4. The number of para-hydroxylation sites is 1. The summed E-state index contributed by atoms with van der Waals surface area (Å²) in [6, 6.07) is 11.0. The molecule has 1 aromatic carbocycles. The average Bonchev–Trinajstić information content (AvgIpc) is 2.89. The summed E-state index contributed by atoms with van der Waals surface area (Å²) in [5.41, 5.74) is 1.24. The molecule has 0 unspecified atom stereocenters. The highest BCUT2D eigenvalue weighted by Crippen LogP contribution is 2.18. The third-order valence-corrected chi connectivity index (χ3v) is 6.12. The minimum Gasteiger partial charge on any atom is -1.00 e. The number of hydrogen-bond donors (Lipinski definition) is 1. The number of halogens is 2. The van der Waals surface area contributed by atoms with Crippen molar-refractivity contribution in [3.05, 3.63) is 58.8 Å². The zero-order valence-electron chi connectivity index (χ0n) is 21.0. The van der Waals surface area contributed by atoms with E-state index in [2.05, 4.69) is 28.2 Å². The number of rotatable bonds is 10. The van der Waals surface area contributed by atoms with E-state index in [0.29, 0.717) is 24.3 Å². The van der Waals surface area contributed by atoms with E-state index in [9.17, 15) is 14.4 Å². The Bertz CT molecular complexity index is 1020. The molecule has 0 saturated carbocycles. The van der Waals surface area contributed by atoms with Crippen molar-refractivity contribution in [2.24, 2.45) is 0 Å². The minimum atomic E-state index is -0.632. The number of anilines is 1. The van der Waals surface area contributed by atoms with Crippen molar-refractivity contribution in [1.82, 2.24) is 10.2 Å². The molecule has 0 spiro atoms. The summed E-state index contributed by atoms with van der Waals surface area (Å²) in [5, 5.41) is 2.57. The molecule has 2 heterocycles. The molecule has 1 aliphatic rings. The molecule has 3 amide bonds. The van der Waals surface area contributed by atoms with Gasteiger partial charge in [0.2, 0.25) is 0 Å². The van der Waals surface area contributed by atoms with Crippen LogP contribution in [0.5, 0.6) is 0 Å². The van der Waals surface area contributed by atoms with Gasteiger partial charge in [-0.2, -0.15) is 0 Å². The molecule has 0 atom stereocenters. The van der Waals surface area contributed by atoms with E-state index in [1.54, 1.807) is 15.9 Å². The molecule has 0 aliphatic carbocycles. The number of aryl methyl sites for hydroxylation is 1. The number of aromatic nitrogens is 1. The van der Waals surface area contributed by atoms with Gasteiger partial charge in [0.25, 0.3) is 5.91 Å². The monoisotopic (exact) mass is 596 g/mol. The van der Waals surface area contributed by atoms with Gasteiger partial charge in [-0.25, -0.2) is 14.2 Å². The van der Waals surface area contributed by atoms with E-state index in [1.165, 1.54) is 0 Å². The predicted octanol–water partition coefficient (Wildman–Crippen LogP) is 1.15. The van der Waals surface area contributed by atoms with Gasteiger partial charge in [0.1, 0.15) is 25.3 Å². The van der Waals surface area contributed by atoms with Gasteiger partial charge in [0, 0.05) is 25.2 Å². The maximum absolute atomic E-state index is 13.4. The number of nitrogens with one attached hydrogen (secondary N) is 1. The number of alkyl carbamates (subject to hydrolysis) is 1. The molecule has 1 saturated heterocycles. The van der Waals surface area contributed by atoms with Crippen molar-refractivity contribution in [1.29, 1.82) is 0 Å². The number of nitrogens with zero attached hydrogens (tertiary/aromatic N) is 3. The van der Waals surface area contributed by atoms with Crippen molar-refractivity contribution < 1.29 is 40.8 Å². The Kier molecular flexibility index (Phi) is 13.2. The van der Waals surface area contributed by atoms with Crippen LogP contribution in [-0.4, -0.2) is 62.4 Å². The summed E-state index contributed by atoms with van der Waals surface area (Å²) in [6.45, 7) is 4.69. The zero-order valence-corrected chi connectivity index (χ0v) is 23.4. The number of ether oxygens (including phenoxy) is 2. The standard InChI is InChI=1S/C26H33BrN4O5.ClH/c1-2-12-29-19-21(18-22(27)20-29)24(32)31(23-9-5-3-6-10-23)15-17-35-25(33)28-11-16-36-26(34)30-13-7-4-8-14-30;/h3,5-6,9-10,18-20H,2,4,7-8,11-17H2,1H3;1H. The molecular formula is C26H34BrClN4O5. The van der Waals surface area contributed by atoms with Gasteiger partial charge < -0.3 is 37.0 Å². The highest BCUT2D eigenvalue weighted by molar-refractivity contribution is 9.10. The second-order valence-electron chi connectivity index (χ2n) is 8.50. The number of carbonyl (C=O) groups is 3. The van der Waals surface area contributed by atoms with Crippen molar-refractivity contribution in [2.75, 3.05) is 44.3 Å². The van der Waals surface area contributed by atoms with Crippen LogP contribution in [0.2, 0.25) is 0 Å². The number of pyridine rings is 1. The Morgan fingerprint density at radius 1 is 1.05 bits per heavy atom. The van der Waals surface area contributed by atoms with Crippen molar-refractivity contribution in [3.8, 4) is 0 Å². The summed E-state index contributed by atoms with van der Waals surface area (Å²) in [4.78, 5) is 40.8. The molecule has 1 fully saturated rings. The smallest absolute Gasteiger partial charge is 0.409 e. The fourth-order valence-corrected chi connectivity index (χ4v) is 4.46. The number of piperidine rings is 1. The molecule has 0 bridgehead atoms. The largest absolute Gasteiger partial charge is 1.00 e. The molecule has 37 heavy (non-hydrogen) atoms. The van der Waals surface area contributed by atoms with Gasteiger partial charge in [0.05, 0.1) is 17.6 Å². The van der Waals surface area contributed by atoms with Gasteiger partial charge in [-0.05, 0) is 53.4 Å². The molecule has 0 radical (unpaired) electrons. The van der Waals surface area contributed by atoms with Crippen molar-refractivity contribution in [3.63, 3.8) is 0 Å². The van der Waals surface area contributed by atoms with Crippen LogP contribution in [-0.2, 0) is 16.0 Å². The Morgan fingerprint density at radius 2 is 1.78 bits per heavy atom. The van der Waals surface area contributed by atoms with E-state index in [1.807, 2.05) is 47.3 Å². The Hall–Kier alpha value is -2.85. The van der Waals surface area contributed by atoms with Crippen LogP contribution in [0.4, 0.5) is 15.3 Å². The van der Waals surface area contributed by atoms with E-state index >= 15 is 0 Å². The van der Waals surface area contributed by atoms with E-state index in [4.69, 9.17) is 9.47 Å². The normalized spacial score (nSPS) is 12.8. The molecule has 9 nitrogen and oxygen atoms in total. The highest BCUT2D eigenvalue weighted by Gasteiger charge is 2.22. The molecule has 1 aliphatic heterocycles. The molecular weight excluding hydrogens is 564 g/mol. The van der Waals surface area contributed by atoms with E-state index < -0.39 is 6.09 Å². The number of amides is 3. The highest BCUT2D eigenvalue weighted by atomic mass is 79.9. The van der Waals surface area contributed by atoms with Gasteiger partial charge in [-0.1, -0.05) is 25.1 Å². The van der Waals surface area contributed by atoms with E-state index in [-0.39, 0.29) is 50.7 Å². The minimum absolute atomic E-state index is 0. The lowest BCUT2D eigenvalue weighted by Gasteiger charge is -2.25. The van der Waals surface area contributed by atoms with Gasteiger partial charge in [-0.15, -0.1) is 0 Å². The van der Waals surface area contributed by atoms with Crippen LogP contribution in [0.1, 0.15) is 43.0 Å².